The standard InChI is InChI=1S/C22H37NO4S/c1-8-18(4)23(21(24)14-17(3)15-22(5,6)7)16-19-10-12-20(13-11-19)27-28(25,26)9-2/h10-13,17-18H,8-9,14-16H2,1-7H3/t17-,18-/m1/s1. The van der Waals surface area contributed by atoms with Crippen LogP contribution in [0.25, 0.3) is 0 Å². The van der Waals surface area contributed by atoms with Crippen LogP contribution >= 0.6 is 0 Å². The van der Waals surface area contributed by atoms with Gasteiger partial charge in [0.15, 0.2) is 0 Å². The fraction of sp³-hybridized carbons (Fsp3) is 0.682. The number of hydrogen-bond acceptors (Lipinski definition) is 4. The van der Waals surface area contributed by atoms with E-state index in [1.807, 2.05) is 17.0 Å². The van der Waals surface area contributed by atoms with E-state index >= 15 is 0 Å². The molecule has 160 valence electrons. The number of carbonyl (C=O) groups is 1. The van der Waals surface area contributed by atoms with E-state index in [1.165, 1.54) is 0 Å². The van der Waals surface area contributed by atoms with Crippen molar-refractivity contribution in [2.45, 2.75) is 80.3 Å². The molecule has 2 atom stereocenters. The molecule has 0 aliphatic rings. The normalized spacial score (nSPS) is 14.4. The predicted molar refractivity (Wildman–Crippen MR) is 115 cm³/mol. The van der Waals surface area contributed by atoms with Gasteiger partial charge in [0.05, 0.1) is 5.75 Å². The van der Waals surface area contributed by atoms with E-state index in [1.54, 1.807) is 19.1 Å². The van der Waals surface area contributed by atoms with Gasteiger partial charge in [-0.1, -0.05) is 46.8 Å². The highest BCUT2D eigenvalue weighted by Crippen LogP contribution is 2.27. The lowest BCUT2D eigenvalue weighted by Crippen LogP contribution is -2.38. The Kier molecular flexibility index (Phi) is 8.99. The van der Waals surface area contributed by atoms with Gasteiger partial charge in [0.1, 0.15) is 5.75 Å². The summed E-state index contributed by atoms with van der Waals surface area (Å²) in [5.74, 6) is 0.720. The summed E-state index contributed by atoms with van der Waals surface area (Å²) in [5, 5.41) is 0. The zero-order chi connectivity index (χ0) is 21.5. The summed E-state index contributed by atoms with van der Waals surface area (Å²) in [5.41, 5.74) is 1.16. The van der Waals surface area contributed by atoms with E-state index in [2.05, 4.69) is 41.5 Å². The Morgan fingerprint density at radius 3 is 2.14 bits per heavy atom. The minimum Gasteiger partial charge on any atom is -0.382 e. The molecule has 1 rings (SSSR count). The summed E-state index contributed by atoms with van der Waals surface area (Å²) >= 11 is 0. The molecular formula is C22H37NO4S. The molecule has 1 aromatic rings. The summed E-state index contributed by atoms with van der Waals surface area (Å²) < 4.78 is 28.2. The highest BCUT2D eigenvalue weighted by molar-refractivity contribution is 7.87. The lowest BCUT2D eigenvalue weighted by Gasteiger charge is -2.31. The number of nitrogens with zero attached hydrogens (tertiary/aromatic N) is 1. The first-order chi connectivity index (χ1) is 12.9. The molecule has 0 saturated carbocycles. The molecule has 0 unspecified atom stereocenters. The molecule has 0 aromatic heterocycles. The third-order valence-electron chi connectivity index (χ3n) is 4.78. The van der Waals surface area contributed by atoms with Crippen LogP contribution in [0.1, 0.15) is 73.3 Å². The van der Waals surface area contributed by atoms with Crippen LogP contribution in [0, 0.1) is 11.3 Å². The van der Waals surface area contributed by atoms with Crippen molar-refractivity contribution in [2.75, 3.05) is 5.75 Å². The zero-order valence-electron chi connectivity index (χ0n) is 18.5. The largest absolute Gasteiger partial charge is 0.382 e. The molecule has 0 saturated heterocycles. The maximum absolute atomic E-state index is 13.0. The smallest absolute Gasteiger partial charge is 0.308 e. The van der Waals surface area contributed by atoms with E-state index in [0.717, 1.165) is 18.4 Å². The number of carbonyl (C=O) groups excluding carboxylic acids is 1. The molecule has 1 aromatic carbocycles. The first kappa shape index (κ1) is 24.5. The first-order valence-electron chi connectivity index (χ1n) is 10.2. The zero-order valence-corrected chi connectivity index (χ0v) is 19.3. The van der Waals surface area contributed by atoms with E-state index in [0.29, 0.717) is 24.6 Å². The maximum atomic E-state index is 13.0. The Morgan fingerprint density at radius 1 is 1.11 bits per heavy atom. The molecule has 28 heavy (non-hydrogen) atoms. The van der Waals surface area contributed by atoms with Gasteiger partial charge in [-0.15, -0.1) is 0 Å². The van der Waals surface area contributed by atoms with Crippen molar-refractivity contribution in [3.8, 4) is 5.75 Å². The molecule has 0 bridgehead atoms. The summed E-state index contributed by atoms with van der Waals surface area (Å²) in [6, 6.07) is 7.07. The summed E-state index contributed by atoms with van der Waals surface area (Å²) in [6.07, 6.45) is 2.43. The van der Waals surface area contributed by atoms with E-state index in [9.17, 15) is 13.2 Å². The van der Waals surface area contributed by atoms with Crippen LogP contribution in [-0.4, -0.2) is 31.0 Å². The van der Waals surface area contributed by atoms with Crippen molar-refractivity contribution in [1.82, 2.24) is 4.90 Å². The van der Waals surface area contributed by atoms with Gasteiger partial charge < -0.3 is 9.08 Å². The average Bonchev–Trinajstić information content (AvgIpc) is 2.58. The average molecular weight is 412 g/mol. The summed E-state index contributed by atoms with van der Waals surface area (Å²) in [4.78, 5) is 14.9. The quantitative estimate of drug-likeness (QED) is 0.508. The summed E-state index contributed by atoms with van der Waals surface area (Å²) in [7, 11) is -3.53. The van der Waals surface area contributed by atoms with Crippen molar-refractivity contribution in [1.29, 1.82) is 0 Å². The highest BCUT2D eigenvalue weighted by atomic mass is 32.2. The molecule has 0 N–H and O–H groups in total. The third kappa shape index (κ3) is 8.63. The number of benzene rings is 1. The van der Waals surface area contributed by atoms with Gasteiger partial charge in [-0.05, 0) is 55.7 Å². The van der Waals surface area contributed by atoms with Gasteiger partial charge in [-0.3, -0.25) is 4.79 Å². The van der Waals surface area contributed by atoms with E-state index in [4.69, 9.17) is 4.18 Å². The van der Waals surface area contributed by atoms with Gasteiger partial charge in [0, 0.05) is 19.0 Å². The van der Waals surface area contributed by atoms with Crippen LogP contribution in [0.5, 0.6) is 5.75 Å². The minimum atomic E-state index is -3.53. The molecule has 0 spiro atoms. The van der Waals surface area contributed by atoms with Gasteiger partial charge in [-0.25, -0.2) is 0 Å². The maximum Gasteiger partial charge on any atom is 0.308 e. The van der Waals surface area contributed by atoms with Gasteiger partial charge in [-0.2, -0.15) is 8.42 Å². The summed E-state index contributed by atoms with van der Waals surface area (Å²) in [6.45, 7) is 14.9. The van der Waals surface area contributed by atoms with Crippen LogP contribution < -0.4 is 4.18 Å². The molecule has 0 fully saturated rings. The van der Waals surface area contributed by atoms with Crippen LogP contribution in [-0.2, 0) is 21.5 Å². The molecule has 6 heteroatoms. The van der Waals surface area contributed by atoms with Crippen LogP contribution in [0.2, 0.25) is 0 Å². The number of amides is 1. The minimum absolute atomic E-state index is 0.0716. The number of hydrogen-bond donors (Lipinski definition) is 0. The molecule has 0 heterocycles. The van der Waals surface area contributed by atoms with Crippen LogP contribution in [0.3, 0.4) is 0 Å². The Morgan fingerprint density at radius 2 is 1.68 bits per heavy atom. The van der Waals surface area contributed by atoms with Crippen molar-refractivity contribution >= 4 is 16.0 Å². The van der Waals surface area contributed by atoms with Gasteiger partial charge in [0.25, 0.3) is 0 Å². The molecular weight excluding hydrogens is 374 g/mol. The van der Waals surface area contributed by atoms with Crippen LogP contribution in [0.15, 0.2) is 24.3 Å². The van der Waals surface area contributed by atoms with Crippen LogP contribution in [0.4, 0.5) is 0 Å². The highest BCUT2D eigenvalue weighted by Gasteiger charge is 2.23. The fourth-order valence-corrected chi connectivity index (χ4v) is 3.82. The Hall–Kier alpha value is -1.56. The Bertz CT molecular complexity index is 720. The Labute approximate surface area is 171 Å². The topological polar surface area (TPSA) is 63.7 Å². The predicted octanol–water partition coefficient (Wildman–Crippen LogP) is 5.00. The van der Waals surface area contributed by atoms with Crippen molar-refractivity contribution in [2.24, 2.45) is 11.3 Å². The second kappa shape index (κ2) is 10.3. The second-order valence-corrected chi connectivity index (χ2v) is 10.8. The Balaban J connectivity index is 2.85. The second-order valence-electron chi connectivity index (χ2n) is 8.93. The van der Waals surface area contributed by atoms with Crippen molar-refractivity contribution < 1.29 is 17.4 Å². The molecule has 0 aliphatic heterocycles. The van der Waals surface area contributed by atoms with Gasteiger partial charge in [0.2, 0.25) is 5.91 Å². The third-order valence-corrected chi connectivity index (χ3v) is 5.93. The van der Waals surface area contributed by atoms with Gasteiger partial charge >= 0.3 is 10.1 Å². The molecule has 5 nitrogen and oxygen atoms in total. The fourth-order valence-electron chi connectivity index (χ4n) is 3.30. The van der Waals surface area contributed by atoms with Crippen molar-refractivity contribution in [3.05, 3.63) is 29.8 Å². The molecule has 0 radical (unpaired) electrons. The molecule has 0 aliphatic carbocycles. The number of rotatable bonds is 10. The lowest BCUT2D eigenvalue weighted by atomic mass is 9.84. The monoisotopic (exact) mass is 411 g/mol. The first-order valence-corrected chi connectivity index (χ1v) is 11.7. The van der Waals surface area contributed by atoms with E-state index in [-0.39, 0.29) is 23.1 Å². The van der Waals surface area contributed by atoms with Crippen molar-refractivity contribution in [3.63, 3.8) is 0 Å². The molecule has 1 amide bonds. The lowest BCUT2D eigenvalue weighted by molar-refractivity contribution is -0.135. The van der Waals surface area contributed by atoms with E-state index < -0.39 is 10.1 Å². The SMILES string of the molecule is CC[C@@H](C)N(Cc1ccc(OS(=O)(=O)CC)cc1)C(=O)C[C@@H](C)CC(C)(C)C.